The van der Waals surface area contributed by atoms with Crippen molar-refractivity contribution in [3.8, 4) is 5.75 Å². The zero-order valence-electron chi connectivity index (χ0n) is 16.3. The number of carbonyl (C=O) groups excluding carboxylic acids is 1. The SMILES string of the molecule is CCOc1ccc(N([C@@H](C)C(=O)Nc2cccc(C)c2C)S(C)(=O)=O)cc1. The van der Waals surface area contributed by atoms with E-state index in [4.69, 9.17) is 4.74 Å². The number of benzene rings is 2. The molecule has 146 valence electrons. The van der Waals surface area contributed by atoms with E-state index >= 15 is 0 Å². The molecule has 0 aliphatic heterocycles. The summed E-state index contributed by atoms with van der Waals surface area (Å²) in [5.41, 5.74) is 3.08. The maximum Gasteiger partial charge on any atom is 0.248 e. The first-order chi connectivity index (χ1) is 12.6. The summed E-state index contributed by atoms with van der Waals surface area (Å²) < 4.78 is 31.3. The minimum atomic E-state index is -3.67. The fourth-order valence-corrected chi connectivity index (χ4v) is 3.96. The van der Waals surface area contributed by atoms with Crippen LogP contribution in [0.1, 0.15) is 25.0 Å². The number of hydrogen-bond donors (Lipinski definition) is 1. The van der Waals surface area contributed by atoms with Gasteiger partial charge in [-0.15, -0.1) is 0 Å². The first-order valence-electron chi connectivity index (χ1n) is 8.74. The van der Waals surface area contributed by atoms with Gasteiger partial charge in [0.15, 0.2) is 0 Å². The molecule has 0 bridgehead atoms. The van der Waals surface area contributed by atoms with Crippen molar-refractivity contribution in [2.24, 2.45) is 0 Å². The summed E-state index contributed by atoms with van der Waals surface area (Å²) in [7, 11) is -3.67. The predicted molar refractivity (Wildman–Crippen MR) is 109 cm³/mol. The van der Waals surface area contributed by atoms with E-state index in [0.29, 0.717) is 23.7 Å². The summed E-state index contributed by atoms with van der Waals surface area (Å²) >= 11 is 0. The largest absolute Gasteiger partial charge is 0.494 e. The zero-order valence-corrected chi connectivity index (χ0v) is 17.1. The quantitative estimate of drug-likeness (QED) is 0.785. The van der Waals surface area contributed by atoms with Crippen LogP contribution in [0.2, 0.25) is 0 Å². The summed E-state index contributed by atoms with van der Waals surface area (Å²) in [5, 5.41) is 2.84. The summed E-state index contributed by atoms with van der Waals surface area (Å²) in [4.78, 5) is 12.8. The minimum absolute atomic E-state index is 0.400. The number of ether oxygens (including phenoxy) is 1. The lowest BCUT2D eigenvalue weighted by Crippen LogP contribution is -2.45. The van der Waals surface area contributed by atoms with Crippen LogP contribution in [0.4, 0.5) is 11.4 Å². The van der Waals surface area contributed by atoms with E-state index in [1.165, 1.54) is 0 Å². The van der Waals surface area contributed by atoms with E-state index in [0.717, 1.165) is 21.7 Å². The van der Waals surface area contributed by atoms with E-state index in [1.54, 1.807) is 37.3 Å². The lowest BCUT2D eigenvalue weighted by atomic mass is 10.1. The Labute approximate surface area is 161 Å². The molecule has 0 radical (unpaired) electrons. The van der Waals surface area contributed by atoms with Crippen LogP contribution in [0.25, 0.3) is 0 Å². The molecule has 6 nitrogen and oxygen atoms in total. The van der Waals surface area contributed by atoms with Gasteiger partial charge in [0.25, 0.3) is 0 Å². The van der Waals surface area contributed by atoms with Gasteiger partial charge < -0.3 is 10.1 Å². The van der Waals surface area contributed by atoms with E-state index < -0.39 is 22.0 Å². The first-order valence-corrected chi connectivity index (χ1v) is 10.6. The van der Waals surface area contributed by atoms with Gasteiger partial charge in [0.05, 0.1) is 18.6 Å². The second kappa shape index (κ2) is 8.43. The molecule has 2 aromatic rings. The molecule has 2 aromatic carbocycles. The van der Waals surface area contributed by atoms with Crippen LogP contribution in [0.15, 0.2) is 42.5 Å². The van der Waals surface area contributed by atoms with Crippen LogP contribution in [-0.4, -0.2) is 33.2 Å². The second-order valence-corrected chi connectivity index (χ2v) is 8.26. The number of carbonyl (C=O) groups is 1. The van der Waals surface area contributed by atoms with Crippen molar-refractivity contribution in [2.45, 2.75) is 33.7 Å². The molecule has 0 aliphatic rings. The summed E-state index contributed by atoms with van der Waals surface area (Å²) in [6.45, 7) is 7.83. The van der Waals surface area contributed by atoms with Crippen molar-refractivity contribution in [2.75, 3.05) is 22.5 Å². The molecule has 0 fully saturated rings. The molecule has 0 saturated heterocycles. The van der Waals surface area contributed by atoms with Crippen molar-refractivity contribution < 1.29 is 17.9 Å². The average Bonchev–Trinajstić information content (AvgIpc) is 2.59. The second-order valence-electron chi connectivity index (χ2n) is 6.40. The van der Waals surface area contributed by atoms with Crippen molar-refractivity contribution >= 4 is 27.3 Å². The third kappa shape index (κ3) is 5.01. The van der Waals surface area contributed by atoms with Crippen LogP contribution >= 0.6 is 0 Å². The molecule has 2 rings (SSSR count). The molecule has 0 heterocycles. The maximum atomic E-state index is 12.8. The van der Waals surface area contributed by atoms with Gasteiger partial charge in [-0.25, -0.2) is 8.42 Å². The van der Waals surface area contributed by atoms with Gasteiger partial charge in [0.1, 0.15) is 11.8 Å². The van der Waals surface area contributed by atoms with Gasteiger partial charge in [-0.05, 0) is 69.2 Å². The molecule has 7 heteroatoms. The van der Waals surface area contributed by atoms with E-state index in [1.807, 2.05) is 32.9 Å². The van der Waals surface area contributed by atoms with Gasteiger partial charge in [0.2, 0.25) is 15.9 Å². The fraction of sp³-hybridized carbons (Fsp3) is 0.350. The number of nitrogens with zero attached hydrogens (tertiary/aromatic N) is 1. The summed E-state index contributed by atoms with van der Waals surface area (Å²) in [6.07, 6.45) is 1.09. The Balaban J connectivity index is 2.30. The van der Waals surface area contributed by atoms with Gasteiger partial charge in [-0.2, -0.15) is 0 Å². The Bertz CT molecular complexity index is 908. The van der Waals surface area contributed by atoms with Gasteiger partial charge in [-0.1, -0.05) is 12.1 Å². The molecule has 1 N–H and O–H groups in total. The van der Waals surface area contributed by atoms with Gasteiger partial charge in [0, 0.05) is 5.69 Å². The third-order valence-electron chi connectivity index (χ3n) is 4.35. The molecule has 0 unspecified atom stereocenters. The molecule has 1 atom stereocenters. The average molecular weight is 391 g/mol. The Hall–Kier alpha value is -2.54. The topological polar surface area (TPSA) is 75.7 Å². The highest BCUT2D eigenvalue weighted by molar-refractivity contribution is 7.92. The number of aryl methyl sites for hydroxylation is 1. The smallest absolute Gasteiger partial charge is 0.248 e. The Morgan fingerprint density at radius 3 is 2.33 bits per heavy atom. The van der Waals surface area contributed by atoms with Gasteiger partial charge in [-0.3, -0.25) is 9.10 Å². The zero-order chi connectivity index (χ0) is 20.2. The Morgan fingerprint density at radius 1 is 1.15 bits per heavy atom. The molecular formula is C20H26N2O4S. The predicted octanol–water partition coefficient (Wildman–Crippen LogP) is 3.50. The van der Waals surface area contributed by atoms with E-state index in [2.05, 4.69) is 5.32 Å². The minimum Gasteiger partial charge on any atom is -0.494 e. The number of nitrogens with one attached hydrogen (secondary N) is 1. The first kappa shape index (κ1) is 20.8. The molecule has 0 aliphatic carbocycles. The molecule has 27 heavy (non-hydrogen) atoms. The van der Waals surface area contributed by atoms with Crippen molar-refractivity contribution in [1.29, 1.82) is 0 Å². The van der Waals surface area contributed by atoms with E-state index in [-0.39, 0.29) is 0 Å². The third-order valence-corrected chi connectivity index (χ3v) is 5.59. The van der Waals surface area contributed by atoms with Crippen molar-refractivity contribution in [1.82, 2.24) is 0 Å². The molecule has 0 saturated carbocycles. The molecule has 1 amide bonds. The lowest BCUT2D eigenvalue weighted by Gasteiger charge is -2.28. The maximum absolute atomic E-state index is 12.8. The van der Waals surface area contributed by atoms with Crippen LogP contribution in [0.3, 0.4) is 0 Å². The lowest BCUT2D eigenvalue weighted by molar-refractivity contribution is -0.116. The Morgan fingerprint density at radius 2 is 1.78 bits per heavy atom. The van der Waals surface area contributed by atoms with Crippen molar-refractivity contribution in [3.05, 3.63) is 53.6 Å². The fourth-order valence-electron chi connectivity index (χ4n) is 2.79. The van der Waals surface area contributed by atoms with Crippen LogP contribution in [-0.2, 0) is 14.8 Å². The van der Waals surface area contributed by atoms with Crippen LogP contribution in [0, 0.1) is 13.8 Å². The van der Waals surface area contributed by atoms with Crippen LogP contribution in [0.5, 0.6) is 5.75 Å². The van der Waals surface area contributed by atoms with E-state index in [9.17, 15) is 13.2 Å². The summed E-state index contributed by atoms with van der Waals surface area (Å²) in [6, 6.07) is 11.3. The van der Waals surface area contributed by atoms with Crippen molar-refractivity contribution in [3.63, 3.8) is 0 Å². The molecule has 0 spiro atoms. The number of anilines is 2. The Kier molecular flexibility index (Phi) is 6.49. The number of rotatable bonds is 7. The normalized spacial score (nSPS) is 12.3. The monoisotopic (exact) mass is 390 g/mol. The van der Waals surface area contributed by atoms with Crippen LogP contribution < -0.4 is 14.4 Å². The highest BCUT2D eigenvalue weighted by Crippen LogP contribution is 2.25. The number of hydrogen-bond acceptors (Lipinski definition) is 4. The molecular weight excluding hydrogens is 364 g/mol. The standard InChI is InChI=1S/C20H26N2O4S/c1-6-26-18-12-10-17(11-13-18)22(27(5,24)25)16(4)20(23)21-19-9-7-8-14(2)15(19)3/h7-13,16H,6H2,1-5H3,(H,21,23)/t16-/m0/s1. The number of sulfonamides is 1. The highest BCUT2D eigenvalue weighted by atomic mass is 32.2. The summed E-state index contributed by atoms with van der Waals surface area (Å²) in [5.74, 6) is 0.241. The molecule has 0 aromatic heterocycles. The number of amides is 1. The van der Waals surface area contributed by atoms with Gasteiger partial charge >= 0.3 is 0 Å². The highest BCUT2D eigenvalue weighted by Gasteiger charge is 2.29.